The molecule has 28 heavy (non-hydrogen) atoms. The van der Waals surface area contributed by atoms with E-state index in [4.69, 9.17) is 4.74 Å². The number of carbonyl (C=O) groups is 2. The standard InChI is InChI=1S/C23H25NO4/c1-23(2,3)21(26)18-19(16-10-12-17(28-4)13-11-16)24(22(27)20(18)25)14-15-8-6-5-7-9-15/h5-13,19,25H,14H2,1-4H3. The summed E-state index contributed by atoms with van der Waals surface area (Å²) in [4.78, 5) is 27.6. The van der Waals surface area contributed by atoms with Crippen LogP contribution in [0.25, 0.3) is 0 Å². The topological polar surface area (TPSA) is 66.8 Å². The SMILES string of the molecule is COc1ccc(C2C(C(=O)C(C)(C)C)=C(O)C(=O)N2Cc2ccccc2)cc1. The van der Waals surface area contributed by atoms with Gasteiger partial charge in [0.25, 0.3) is 5.91 Å². The zero-order chi connectivity index (χ0) is 20.5. The number of rotatable bonds is 5. The third-order valence-electron chi connectivity index (χ3n) is 4.86. The molecule has 0 fully saturated rings. The Bertz CT molecular complexity index is 908. The third-order valence-corrected chi connectivity index (χ3v) is 4.86. The minimum absolute atomic E-state index is 0.151. The molecule has 0 bridgehead atoms. The van der Waals surface area contributed by atoms with Gasteiger partial charge in [-0.1, -0.05) is 63.2 Å². The lowest BCUT2D eigenvalue weighted by Crippen LogP contribution is -2.32. The van der Waals surface area contributed by atoms with Gasteiger partial charge in [0.2, 0.25) is 0 Å². The van der Waals surface area contributed by atoms with Crippen molar-refractivity contribution in [3.8, 4) is 5.75 Å². The Balaban J connectivity index is 2.08. The van der Waals surface area contributed by atoms with Crippen LogP contribution in [0.15, 0.2) is 65.9 Å². The van der Waals surface area contributed by atoms with Crippen molar-refractivity contribution >= 4 is 11.7 Å². The number of ether oxygens (including phenoxy) is 1. The van der Waals surface area contributed by atoms with Gasteiger partial charge in [-0.15, -0.1) is 0 Å². The summed E-state index contributed by atoms with van der Waals surface area (Å²) < 4.78 is 5.22. The smallest absolute Gasteiger partial charge is 0.290 e. The molecule has 1 aliphatic heterocycles. The fraction of sp³-hybridized carbons (Fsp3) is 0.304. The number of benzene rings is 2. The van der Waals surface area contributed by atoms with Crippen LogP contribution in [0.1, 0.15) is 37.9 Å². The molecule has 0 aliphatic carbocycles. The number of methoxy groups -OCH3 is 1. The maximum Gasteiger partial charge on any atom is 0.290 e. The van der Waals surface area contributed by atoms with Crippen LogP contribution in [0.5, 0.6) is 5.75 Å². The molecule has 3 rings (SSSR count). The summed E-state index contributed by atoms with van der Waals surface area (Å²) in [6, 6.07) is 16.1. The molecule has 1 amide bonds. The second-order valence-corrected chi connectivity index (χ2v) is 7.94. The molecule has 1 heterocycles. The highest BCUT2D eigenvalue weighted by Gasteiger charge is 2.45. The Labute approximate surface area is 165 Å². The molecule has 2 aromatic carbocycles. The summed E-state index contributed by atoms with van der Waals surface area (Å²) in [5, 5.41) is 10.6. The zero-order valence-electron chi connectivity index (χ0n) is 16.6. The predicted molar refractivity (Wildman–Crippen MR) is 107 cm³/mol. The lowest BCUT2D eigenvalue weighted by molar-refractivity contribution is -0.130. The number of nitrogens with zero attached hydrogens (tertiary/aromatic N) is 1. The minimum Gasteiger partial charge on any atom is -0.503 e. The molecule has 5 nitrogen and oxygen atoms in total. The van der Waals surface area contributed by atoms with Crippen molar-refractivity contribution in [3.63, 3.8) is 0 Å². The number of ketones is 1. The minimum atomic E-state index is -0.725. The van der Waals surface area contributed by atoms with Crippen molar-refractivity contribution in [1.29, 1.82) is 0 Å². The molecule has 0 radical (unpaired) electrons. The molecule has 146 valence electrons. The number of hydrogen-bond acceptors (Lipinski definition) is 4. The van der Waals surface area contributed by atoms with Gasteiger partial charge < -0.3 is 14.7 Å². The lowest BCUT2D eigenvalue weighted by atomic mass is 9.82. The Morgan fingerprint density at radius 1 is 1.07 bits per heavy atom. The van der Waals surface area contributed by atoms with Gasteiger partial charge in [-0.25, -0.2) is 0 Å². The number of aliphatic hydroxyl groups is 1. The van der Waals surface area contributed by atoms with Gasteiger partial charge in [-0.05, 0) is 23.3 Å². The van der Waals surface area contributed by atoms with Gasteiger partial charge in [0.15, 0.2) is 11.5 Å². The molecule has 1 unspecified atom stereocenters. The van der Waals surface area contributed by atoms with Crippen LogP contribution in [0.2, 0.25) is 0 Å². The van der Waals surface area contributed by atoms with Crippen molar-refractivity contribution in [1.82, 2.24) is 4.90 Å². The van der Waals surface area contributed by atoms with Gasteiger partial charge in [0, 0.05) is 12.0 Å². The zero-order valence-corrected chi connectivity index (χ0v) is 16.6. The monoisotopic (exact) mass is 379 g/mol. The van der Waals surface area contributed by atoms with E-state index in [9.17, 15) is 14.7 Å². The van der Waals surface area contributed by atoms with E-state index >= 15 is 0 Å². The van der Waals surface area contributed by atoms with Gasteiger partial charge in [-0.3, -0.25) is 9.59 Å². The fourth-order valence-electron chi connectivity index (χ4n) is 3.37. The number of amides is 1. The van der Waals surface area contributed by atoms with Crippen molar-refractivity contribution in [3.05, 3.63) is 77.1 Å². The number of hydrogen-bond donors (Lipinski definition) is 1. The Morgan fingerprint density at radius 2 is 1.68 bits per heavy atom. The van der Waals surface area contributed by atoms with Crippen molar-refractivity contribution < 1.29 is 19.4 Å². The molecule has 2 aromatic rings. The highest BCUT2D eigenvalue weighted by atomic mass is 16.5. The van der Waals surface area contributed by atoms with Crippen LogP contribution in [0.4, 0.5) is 0 Å². The predicted octanol–water partition coefficient (Wildman–Crippen LogP) is 4.21. The van der Waals surface area contributed by atoms with Crippen molar-refractivity contribution in [2.75, 3.05) is 7.11 Å². The van der Waals surface area contributed by atoms with E-state index in [1.54, 1.807) is 44.9 Å². The second kappa shape index (κ2) is 7.50. The van der Waals surface area contributed by atoms with Crippen LogP contribution >= 0.6 is 0 Å². The molecule has 0 aromatic heterocycles. The van der Waals surface area contributed by atoms with E-state index in [2.05, 4.69) is 0 Å². The van der Waals surface area contributed by atoms with Crippen LogP contribution in [-0.2, 0) is 16.1 Å². The van der Waals surface area contributed by atoms with Crippen molar-refractivity contribution in [2.45, 2.75) is 33.4 Å². The molecule has 5 heteroatoms. The Hall–Kier alpha value is -3.08. The van der Waals surface area contributed by atoms with Crippen LogP contribution in [0.3, 0.4) is 0 Å². The average molecular weight is 379 g/mol. The number of carbonyl (C=O) groups excluding carboxylic acids is 2. The first-order valence-corrected chi connectivity index (χ1v) is 9.21. The Morgan fingerprint density at radius 3 is 2.21 bits per heavy atom. The third kappa shape index (κ3) is 3.65. The molecule has 1 aliphatic rings. The lowest BCUT2D eigenvalue weighted by Gasteiger charge is -2.29. The summed E-state index contributed by atoms with van der Waals surface area (Å²) in [6.45, 7) is 5.64. The maximum absolute atomic E-state index is 13.1. The van der Waals surface area contributed by atoms with Gasteiger partial charge in [0.05, 0.1) is 18.7 Å². The summed E-state index contributed by atoms with van der Waals surface area (Å²) >= 11 is 0. The van der Waals surface area contributed by atoms with Crippen LogP contribution in [0, 0.1) is 5.41 Å². The van der Waals surface area contributed by atoms with E-state index in [0.717, 1.165) is 11.1 Å². The van der Waals surface area contributed by atoms with E-state index in [1.807, 2.05) is 42.5 Å². The molecule has 1 atom stereocenters. The largest absolute Gasteiger partial charge is 0.503 e. The van der Waals surface area contributed by atoms with Gasteiger partial charge in [0.1, 0.15) is 5.75 Å². The van der Waals surface area contributed by atoms with Gasteiger partial charge in [-0.2, -0.15) is 0 Å². The molecule has 0 saturated carbocycles. The first kappa shape index (κ1) is 19.7. The molecule has 0 spiro atoms. The number of aliphatic hydroxyl groups excluding tert-OH is 1. The summed E-state index contributed by atoms with van der Waals surface area (Å²) in [5.41, 5.74) is 1.10. The normalized spacial score (nSPS) is 17.2. The quantitative estimate of drug-likeness (QED) is 0.845. The summed E-state index contributed by atoms with van der Waals surface area (Å²) in [5.74, 6) is -0.553. The first-order valence-electron chi connectivity index (χ1n) is 9.21. The molecule has 1 N–H and O–H groups in total. The maximum atomic E-state index is 13.1. The fourth-order valence-corrected chi connectivity index (χ4v) is 3.37. The highest BCUT2D eigenvalue weighted by Crippen LogP contribution is 2.41. The van der Waals surface area contributed by atoms with Crippen LogP contribution < -0.4 is 4.74 Å². The van der Waals surface area contributed by atoms with Gasteiger partial charge >= 0.3 is 0 Å². The van der Waals surface area contributed by atoms with E-state index in [-0.39, 0.29) is 11.4 Å². The summed E-state index contributed by atoms with van der Waals surface area (Å²) in [6.07, 6.45) is 0. The highest BCUT2D eigenvalue weighted by molar-refractivity contribution is 6.10. The summed E-state index contributed by atoms with van der Waals surface area (Å²) in [7, 11) is 1.58. The Kier molecular flexibility index (Phi) is 5.27. The number of Topliss-reactive ketones (excluding diaryl/α,β-unsaturated/α-hetero) is 1. The second-order valence-electron chi connectivity index (χ2n) is 7.94. The van der Waals surface area contributed by atoms with E-state index in [0.29, 0.717) is 12.3 Å². The molecular formula is C23H25NO4. The average Bonchev–Trinajstić information content (AvgIpc) is 2.92. The molecule has 0 saturated heterocycles. The van der Waals surface area contributed by atoms with E-state index in [1.165, 1.54) is 0 Å². The molecular weight excluding hydrogens is 354 g/mol. The van der Waals surface area contributed by atoms with Crippen LogP contribution in [-0.4, -0.2) is 28.8 Å². The first-order chi connectivity index (χ1) is 13.2. The van der Waals surface area contributed by atoms with E-state index < -0.39 is 23.1 Å². The van der Waals surface area contributed by atoms with Crippen molar-refractivity contribution in [2.24, 2.45) is 5.41 Å².